The van der Waals surface area contributed by atoms with E-state index in [2.05, 4.69) is 53.4 Å². The second-order valence-corrected chi connectivity index (χ2v) is 5.84. The molecule has 1 fully saturated rings. The van der Waals surface area contributed by atoms with Crippen molar-refractivity contribution in [3.05, 3.63) is 71.8 Å². The molecule has 1 aliphatic heterocycles. The second-order valence-electron chi connectivity index (χ2n) is 5.84. The van der Waals surface area contributed by atoms with Gasteiger partial charge < -0.3 is 10.6 Å². The van der Waals surface area contributed by atoms with Crippen molar-refractivity contribution in [1.29, 1.82) is 0 Å². The van der Waals surface area contributed by atoms with E-state index in [1.165, 1.54) is 11.1 Å². The second kappa shape index (κ2) is 7.40. The van der Waals surface area contributed by atoms with Gasteiger partial charge in [0.15, 0.2) is 0 Å². The Morgan fingerprint density at radius 2 is 1.35 bits per heavy atom. The van der Waals surface area contributed by atoms with Crippen LogP contribution in [-0.4, -0.2) is 48.4 Å². The van der Waals surface area contributed by atoms with Crippen LogP contribution < -0.4 is 5.73 Å². The molecule has 2 aromatic carbocycles. The number of rotatable bonds is 4. The number of benzene rings is 2. The average Bonchev–Trinajstić information content (AvgIpc) is 2.64. The van der Waals surface area contributed by atoms with Crippen LogP contribution in [0.25, 0.3) is 0 Å². The summed E-state index contributed by atoms with van der Waals surface area (Å²) in [6.07, 6.45) is 0. The highest BCUT2D eigenvalue weighted by molar-refractivity contribution is 5.78. The summed E-state index contributed by atoms with van der Waals surface area (Å²) in [5.74, 6) is 0.0422. The van der Waals surface area contributed by atoms with Crippen molar-refractivity contribution in [2.75, 3.05) is 32.7 Å². The molecule has 0 unspecified atom stereocenters. The molecule has 0 bridgehead atoms. The van der Waals surface area contributed by atoms with Crippen molar-refractivity contribution in [2.24, 2.45) is 5.73 Å². The van der Waals surface area contributed by atoms with Crippen molar-refractivity contribution in [1.82, 2.24) is 9.80 Å². The third kappa shape index (κ3) is 3.60. The molecule has 0 aliphatic carbocycles. The summed E-state index contributed by atoms with van der Waals surface area (Å²) in [7, 11) is 0. The summed E-state index contributed by atoms with van der Waals surface area (Å²) < 4.78 is 0. The van der Waals surface area contributed by atoms with Gasteiger partial charge in [0.1, 0.15) is 0 Å². The van der Waals surface area contributed by atoms with Crippen LogP contribution in [0.15, 0.2) is 60.7 Å². The Bertz CT molecular complexity index is 582. The van der Waals surface area contributed by atoms with E-state index in [1.54, 1.807) is 0 Å². The van der Waals surface area contributed by atoms with Gasteiger partial charge >= 0.3 is 0 Å². The van der Waals surface area contributed by atoms with Crippen LogP contribution in [0.2, 0.25) is 0 Å². The van der Waals surface area contributed by atoms with E-state index in [4.69, 9.17) is 5.73 Å². The van der Waals surface area contributed by atoms with E-state index >= 15 is 0 Å². The number of carbonyl (C=O) groups is 1. The Balaban J connectivity index is 1.82. The first-order chi connectivity index (χ1) is 11.3. The van der Waals surface area contributed by atoms with Gasteiger partial charge in [0.25, 0.3) is 0 Å². The summed E-state index contributed by atoms with van der Waals surface area (Å²) >= 11 is 0. The van der Waals surface area contributed by atoms with Crippen LogP contribution in [-0.2, 0) is 4.79 Å². The normalized spacial score (nSPS) is 15.8. The van der Waals surface area contributed by atoms with E-state index in [0.29, 0.717) is 0 Å². The molecule has 120 valence electrons. The predicted molar refractivity (Wildman–Crippen MR) is 91.9 cm³/mol. The van der Waals surface area contributed by atoms with Crippen LogP contribution in [0.3, 0.4) is 0 Å². The van der Waals surface area contributed by atoms with Crippen molar-refractivity contribution < 1.29 is 4.79 Å². The number of piperazine rings is 1. The molecule has 1 heterocycles. The topological polar surface area (TPSA) is 49.6 Å². The minimum atomic E-state index is 0.0422. The smallest absolute Gasteiger partial charge is 0.236 e. The average molecular weight is 309 g/mol. The van der Waals surface area contributed by atoms with Crippen molar-refractivity contribution in [2.45, 2.75) is 6.04 Å². The van der Waals surface area contributed by atoms with Crippen molar-refractivity contribution in [3.8, 4) is 0 Å². The Morgan fingerprint density at radius 1 is 0.870 bits per heavy atom. The van der Waals surface area contributed by atoms with Crippen molar-refractivity contribution in [3.63, 3.8) is 0 Å². The first-order valence-electron chi connectivity index (χ1n) is 8.11. The number of nitrogens with two attached hydrogens (primary N) is 1. The lowest BCUT2D eigenvalue weighted by Crippen LogP contribution is -2.51. The van der Waals surface area contributed by atoms with Gasteiger partial charge in [-0.3, -0.25) is 9.69 Å². The molecule has 3 rings (SSSR count). The van der Waals surface area contributed by atoms with E-state index in [-0.39, 0.29) is 18.5 Å². The molecule has 1 amide bonds. The summed E-state index contributed by atoms with van der Waals surface area (Å²) in [4.78, 5) is 16.1. The Morgan fingerprint density at radius 3 is 1.78 bits per heavy atom. The van der Waals surface area contributed by atoms with E-state index < -0.39 is 0 Å². The zero-order valence-corrected chi connectivity index (χ0v) is 13.3. The van der Waals surface area contributed by atoms with Crippen LogP contribution in [0.1, 0.15) is 17.2 Å². The lowest BCUT2D eigenvalue weighted by Gasteiger charge is -2.39. The van der Waals surface area contributed by atoms with Gasteiger partial charge in [0.2, 0.25) is 5.91 Å². The van der Waals surface area contributed by atoms with E-state index in [9.17, 15) is 4.79 Å². The third-order valence-electron chi connectivity index (χ3n) is 4.44. The number of carbonyl (C=O) groups excluding carboxylic acids is 1. The largest absolute Gasteiger partial charge is 0.339 e. The highest BCUT2D eigenvalue weighted by Crippen LogP contribution is 2.29. The molecule has 0 aromatic heterocycles. The van der Waals surface area contributed by atoms with Crippen LogP contribution in [0.5, 0.6) is 0 Å². The SMILES string of the molecule is NCC(=O)N1CCN(C(c2ccccc2)c2ccccc2)CC1. The van der Waals surface area contributed by atoms with Gasteiger partial charge in [-0.05, 0) is 11.1 Å². The predicted octanol–water partition coefficient (Wildman–Crippen LogP) is 1.88. The van der Waals surface area contributed by atoms with Crippen molar-refractivity contribution >= 4 is 5.91 Å². The lowest BCUT2D eigenvalue weighted by molar-refractivity contribution is -0.131. The maximum absolute atomic E-state index is 11.8. The highest BCUT2D eigenvalue weighted by Gasteiger charge is 2.27. The van der Waals surface area contributed by atoms with Crippen LogP contribution in [0, 0.1) is 0 Å². The van der Waals surface area contributed by atoms with Gasteiger partial charge in [-0.1, -0.05) is 60.7 Å². The number of hydrogen-bond acceptors (Lipinski definition) is 3. The van der Waals surface area contributed by atoms with Gasteiger partial charge in [0.05, 0.1) is 12.6 Å². The Kier molecular flexibility index (Phi) is 5.05. The summed E-state index contributed by atoms with van der Waals surface area (Å²) in [6.45, 7) is 3.31. The van der Waals surface area contributed by atoms with E-state index in [0.717, 1.165) is 26.2 Å². The summed E-state index contributed by atoms with van der Waals surface area (Å²) in [6, 6.07) is 21.4. The fourth-order valence-corrected chi connectivity index (χ4v) is 3.24. The Hall–Kier alpha value is -2.17. The fraction of sp³-hybridized carbons (Fsp3) is 0.316. The zero-order valence-electron chi connectivity index (χ0n) is 13.3. The molecule has 2 aromatic rings. The van der Waals surface area contributed by atoms with Crippen LogP contribution >= 0.6 is 0 Å². The van der Waals surface area contributed by atoms with Gasteiger partial charge in [0, 0.05) is 26.2 Å². The van der Waals surface area contributed by atoms with E-state index in [1.807, 2.05) is 17.0 Å². The highest BCUT2D eigenvalue weighted by atomic mass is 16.2. The van der Waals surface area contributed by atoms with Crippen LogP contribution in [0.4, 0.5) is 0 Å². The third-order valence-corrected chi connectivity index (χ3v) is 4.44. The molecule has 1 saturated heterocycles. The molecule has 0 spiro atoms. The van der Waals surface area contributed by atoms with Gasteiger partial charge in [-0.15, -0.1) is 0 Å². The molecule has 4 heteroatoms. The standard InChI is InChI=1S/C19H23N3O/c20-15-18(23)21-11-13-22(14-12-21)19(16-7-3-1-4-8-16)17-9-5-2-6-10-17/h1-10,19H,11-15,20H2. The molecule has 0 radical (unpaired) electrons. The maximum Gasteiger partial charge on any atom is 0.236 e. The fourth-order valence-electron chi connectivity index (χ4n) is 3.24. The number of amides is 1. The molecule has 0 saturated carbocycles. The zero-order chi connectivity index (χ0) is 16.1. The molecule has 1 aliphatic rings. The Labute approximate surface area is 137 Å². The minimum Gasteiger partial charge on any atom is -0.339 e. The number of hydrogen-bond donors (Lipinski definition) is 1. The van der Waals surface area contributed by atoms with Gasteiger partial charge in [-0.25, -0.2) is 0 Å². The van der Waals surface area contributed by atoms with Gasteiger partial charge in [-0.2, -0.15) is 0 Å². The molecular weight excluding hydrogens is 286 g/mol. The monoisotopic (exact) mass is 309 g/mol. The number of nitrogens with zero attached hydrogens (tertiary/aromatic N) is 2. The molecule has 0 atom stereocenters. The summed E-state index contributed by atoms with van der Waals surface area (Å²) in [5, 5.41) is 0. The molecule has 23 heavy (non-hydrogen) atoms. The maximum atomic E-state index is 11.8. The lowest BCUT2D eigenvalue weighted by atomic mass is 9.96. The minimum absolute atomic E-state index is 0.0422. The quantitative estimate of drug-likeness (QED) is 0.938. The summed E-state index contributed by atoms with van der Waals surface area (Å²) in [5.41, 5.74) is 8.05. The molecule has 2 N–H and O–H groups in total. The first kappa shape index (κ1) is 15.7. The molecule has 4 nitrogen and oxygen atoms in total. The first-order valence-corrected chi connectivity index (χ1v) is 8.11. The molecular formula is C19H23N3O.